The quantitative estimate of drug-likeness (QED) is 0.145. The number of nitriles is 2. The monoisotopic (exact) mass is 1190 g/mol. The van der Waals surface area contributed by atoms with Crippen LogP contribution in [0, 0.1) is 22.7 Å². The Morgan fingerprint density at radius 3 is 1.30 bits per heavy atom. The normalized spacial score (nSPS) is 11.5. The molecule has 0 aliphatic rings. The molecule has 11 nitrogen and oxygen atoms in total. The van der Waals surface area contributed by atoms with Gasteiger partial charge in [-0.1, -0.05) is 188 Å². The lowest BCUT2D eigenvalue weighted by atomic mass is 10.1. The van der Waals surface area contributed by atoms with E-state index in [0.717, 1.165) is 94.0 Å². The molecular weight excluding hydrogens is 1150 g/mol. The van der Waals surface area contributed by atoms with Gasteiger partial charge >= 0.3 is 0 Å². The molecule has 6 aromatic heterocycles. The van der Waals surface area contributed by atoms with Crippen LogP contribution in [0.25, 0.3) is 165 Å². The Balaban J connectivity index is 0.000000141. The summed E-state index contributed by atoms with van der Waals surface area (Å²) in [6, 6.07) is 98.5. The number of hydrogen-bond acceptors (Lipinski definition) is 10. The summed E-state index contributed by atoms with van der Waals surface area (Å²) >= 11 is 1.84. The fourth-order valence-corrected chi connectivity index (χ4v) is 13.9. The topological polar surface area (TPSA) is 148 Å². The molecule has 0 unspecified atom stereocenters. The van der Waals surface area contributed by atoms with Crippen molar-refractivity contribution in [2.45, 2.75) is 0 Å². The van der Waals surface area contributed by atoms with E-state index in [-0.39, 0.29) is 0 Å². The lowest BCUT2D eigenvalue weighted by Gasteiger charge is -2.12. The van der Waals surface area contributed by atoms with Crippen molar-refractivity contribution < 1.29 is 4.42 Å². The molecule has 0 spiro atoms. The highest BCUT2D eigenvalue weighted by Gasteiger charge is 2.23. The molecule has 0 radical (unpaired) electrons. The highest BCUT2D eigenvalue weighted by atomic mass is 32.1. The molecule has 12 heteroatoms. The molecule has 0 saturated heterocycles. The summed E-state index contributed by atoms with van der Waals surface area (Å²) in [5.41, 5.74) is 14.4. The Morgan fingerprint density at radius 2 is 0.728 bits per heavy atom. The molecule has 6 heterocycles. The molecule has 0 saturated carbocycles. The molecule has 0 amide bonds. The van der Waals surface area contributed by atoms with Gasteiger partial charge in [-0.2, -0.15) is 10.5 Å². The van der Waals surface area contributed by atoms with Crippen LogP contribution in [-0.4, -0.2) is 39.0 Å². The van der Waals surface area contributed by atoms with Crippen molar-refractivity contribution in [3.05, 3.63) is 290 Å². The van der Waals surface area contributed by atoms with Crippen LogP contribution >= 0.6 is 11.3 Å². The highest BCUT2D eigenvalue weighted by molar-refractivity contribution is 7.26. The summed E-state index contributed by atoms with van der Waals surface area (Å²) in [4.78, 5) is 29.5. The summed E-state index contributed by atoms with van der Waals surface area (Å²) in [5.74, 6) is 3.36. The average Bonchev–Trinajstić information content (AvgIpc) is 1.69. The lowest BCUT2D eigenvalue weighted by molar-refractivity contribution is 0.671. The largest absolute Gasteiger partial charge is 0.454 e. The zero-order valence-corrected chi connectivity index (χ0v) is 49.7. The number of thiophene rings is 1. The first kappa shape index (κ1) is 53.5. The van der Waals surface area contributed by atoms with Gasteiger partial charge in [-0.15, -0.1) is 11.3 Å². The van der Waals surface area contributed by atoms with Gasteiger partial charge in [-0.3, -0.25) is 0 Å². The maximum atomic E-state index is 9.54. The Bertz CT molecular complexity index is 6050. The highest BCUT2D eigenvalue weighted by Crippen LogP contribution is 2.44. The molecule has 0 aliphatic heterocycles. The molecule has 12 aromatic carbocycles. The smallest absolute Gasteiger partial charge is 0.164 e. The van der Waals surface area contributed by atoms with E-state index in [0.29, 0.717) is 46.1 Å². The van der Waals surface area contributed by atoms with Crippen molar-refractivity contribution in [1.29, 1.82) is 10.5 Å². The minimum absolute atomic E-state index is 0.507. The van der Waals surface area contributed by atoms with Gasteiger partial charge in [0.15, 0.2) is 40.5 Å². The van der Waals surface area contributed by atoms with E-state index in [1.165, 1.54) is 36.5 Å². The Hall–Kier alpha value is -12.7. The van der Waals surface area contributed by atoms with Crippen LogP contribution in [0.5, 0.6) is 0 Å². The summed E-state index contributed by atoms with van der Waals surface area (Å²) in [6.07, 6.45) is 0. The van der Waals surface area contributed by atoms with Crippen molar-refractivity contribution in [3.63, 3.8) is 0 Å². The second-order valence-corrected chi connectivity index (χ2v) is 23.5. The first-order chi connectivity index (χ1) is 45.5. The van der Waals surface area contributed by atoms with Crippen LogP contribution in [0.2, 0.25) is 0 Å². The Kier molecular flexibility index (Phi) is 12.9. The standard InChI is InChI=1S/C40H23N5O.C40H23N5S/c41-24-25-10-8-13-27(22-25)39-42-38(26-11-2-1-3-12-26)43-40(44-39)28-14-9-15-29(23-28)45-34-18-6-4-16-30(34)32-20-21-33-31-17-5-7-19-35(31)46-37(33)36(32)45;41-24-25-17-19-27(20-18-25)39-42-38(26-9-2-1-3-10-26)43-40(44-39)28-11-8-12-29(23-28)45-34-15-6-4-13-30(34)32-21-22-33-31-14-5-7-16-35(31)46-37(33)36(32)45/h2*1-23H. The maximum Gasteiger partial charge on any atom is 0.164 e. The fourth-order valence-electron chi connectivity index (χ4n) is 12.7. The van der Waals surface area contributed by atoms with Gasteiger partial charge < -0.3 is 13.6 Å². The van der Waals surface area contributed by atoms with Crippen molar-refractivity contribution in [2.75, 3.05) is 0 Å². The number of furan rings is 1. The van der Waals surface area contributed by atoms with Gasteiger partial charge in [0, 0.05) is 92.5 Å². The van der Waals surface area contributed by atoms with Crippen LogP contribution in [0.15, 0.2) is 283 Å². The van der Waals surface area contributed by atoms with E-state index in [1.54, 1.807) is 24.3 Å². The van der Waals surface area contributed by atoms with Gasteiger partial charge in [0.05, 0.1) is 50.0 Å². The Labute approximate surface area is 530 Å². The predicted octanol–water partition coefficient (Wildman–Crippen LogP) is 20.0. The van der Waals surface area contributed by atoms with Crippen LogP contribution in [0.4, 0.5) is 0 Å². The number of para-hydroxylation sites is 3. The molecular formula is C80H46N10OS. The molecule has 0 fully saturated rings. The predicted molar refractivity (Wildman–Crippen MR) is 371 cm³/mol. The third kappa shape index (κ3) is 9.18. The minimum Gasteiger partial charge on any atom is -0.454 e. The second kappa shape index (κ2) is 22.1. The van der Waals surface area contributed by atoms with E-state index < -0.39 is 0 Å². The zero-order chi connectivity index (χ0) is 61.2. The molecule has 428 valence electrons. The van der Waals surface area contributed by atoms with E-state index in [1.807, 2.05) is 127 Å². The van der Waals surface area contributed by atoms with E-state index in [2.05, 4.69) is 161 Å². The maximum absolute atomic E-state index is 9.54. The number of benzene rings is 12. The molecule has 0 atom stereocenters. The van der Waals surface area contributed by atoms with Crippen LogP contribution in [0.3, 0.4) is 0 Å². The van der Waals surface area contributed by atoms with Gasteiger partial charge in [0.1, 0.15) is 5.58 Å². The molecule has 92 heavy (non-hydrogen) atoms. The fraction of sp³-hybridized carbons (Fsp3) is 0. The summed E-state index contributed by atoms with van der Waals surface area (Å²) in [6.45, 7) is 0. The molecule has 0 aliphatic carbocycles. The first-order valence-electron chi connectivity index (χ1n) is 30.0. The number of nitrogens with zero attached hydrogens (tertiary/aromatic N) is 10. The zero-order valence-electron chi connectivity index (χ0n) is 48.8. The molecule has 18 rings (SSSR count). The van der Waals surface area contributed by atoms with Gasteiger partial charge in [-0.25, -0.2) is 29.9 Å². The van der Waals surface area contributed by atoms with E-state index >= 15 is 0 Å². The minimum atomic E-state index is 0.507. The summed E-state index contributed by atoms with van der Waals surface area (Å²) in [5, 5.41) is 28.3. The molecule has 18 aromatic rings. The molecule has 0 bridgehead atoms. The van der Waals surface area contributed by atoms with Crippen molar-refractivity contribution in [1.82, 2.24) is 39.0 Å². The van der Waals surface area contributed by atoms with Gasteiger partial charge in [-0.05, 0) is 91.0 Å². The SMILES string of the molecule is N#Cc1ccc(-c2nc(-c3ccccc3)nc(-c3cccc(-n4c5ccccc5c5ccc6c7ccccc7sc6c54)c3)n2)cc1.N#Cc1cccc(-c2nc(-c3ccccc3)nc(-c3cccc(-n4c5ccccc5c5ccc6c7ccccc7oc6c54)c3)n2)c1. The average molecular weight is 1200 g/mol. The van der Waals surface area contributed by atoms with Crippen molar-refractivity contribution >= 4 is 97.1 Å². The van der Waals surface area contributed by atoms with E-state index in [9.17, 15) is 10.5 Å². The van der Waals surface area contributed by atoms with E-state index in [4.69, 9.17) is 34.3 Å². The van der Waals surface area contributed by atoms with Crippen molar-refractivity contribution in [3.8, 4) is 91.8 Å². The number of fused-ring (bicyclic) bond motifs is 14. The second-order valence-electron chi connectivity index (χ2n) is 22.4. The first-order valence-corrected chi connectivity index (χ1v) is 30.8. The Morgan fingerprint density at radius 1 is 0.304 bits per heavy atom. The lowest BCUT2D eigenvalue weighted by Crippen LogP contribution is -2.01. The van der Waals surface area contributed by atoms with Gasteiger partial charge in [0.2, 0.25) is 0 Å². The number of hydrogen-bond donors (Lipinski definition) is 0. The third-order valence-corrected chi connectivity index (χ3v) is 18.1. The molecule has 0 N–H and O–H groups in total. The number of aromatic nitrogens is 8. The summed E-state index contributed by atoms with van der Waals surface area (Å²) in [7, 11) is 0. The van der Waals surface area contributed by atoms with Crippen molar-refractivity contribution in [2.24, 2.45) is 0 Å². The van der Waals surface area contributed by atoms with Crippen LogP contribution in [0.1, 0.15) is 11.1 Å². The van der Waals surface area contributed by atoms with Crippen LogP contribution < -0.4 is 0 Å². The number of rotatable bonds is 8. The van der Waals surface area contributed by atoms with Gasteiger partial charge in [0.25, 0.3) is 0 Å². The summed E-state index contributed by atoms with van der Waals surface area (Å²) < 4.78 is 13.8. The van der Waals surface area contributed by atoms with Crippen LogP contribution in [-0.2, 0) is 0 Å². The third-order valence-electron chi connectivity index (χ3n) is 16.9.